The van der Waals surface area contributed by atoms with Crippen LogP contribution in [-0.2, 0) is 13.6 Å². The molecule has 0 aliphatic carbocycles. The molecule has 0 saturated carbocycles. The first-order valence-electron chi connectivity index (χ1n) is 5.52. The summed E-state index contributed by atoms with van der Waals surface area (Å²) < 4.78 is 1.65. The summed E-state index contributed by atoms with van der Waals surface area (Å²) in [7, 11) is 5.74. The van der Waals surface area contributed by atoms with E-state index in [1.165, 1.54) is 4.88 Å². The molecular formula is C12H17N3OS. The smallest absolute Gasteiger partial charge is 0.262 e. The lowest BCUT2D eigenvalue weighted by Gasteiger charge is -2.12. The summed E-state index contributed by atoms with van der Waals surface area (Å²) in [6.45, 7) is 4.70. The van der Waals surface area contributed by atoms with Crippen LogP contribution < -0.4 is 5.56 Å². The molecule has 0 saturated heterocycles. The van der Waals surface area contributed by atoms with Crippen molar-refractivity contribution < 1.29 is 0 Å². The molecule has 0 N–H and O–H groups in total. The Morgan fingerprint density at radius 1 is 1.35 bits per heavy atom. The van der Waals surface area contributed by atoms with Gasteiger partial charge in [-0.05, 0) is 33.5 Å². The van der Waals surface area contributed by atoms with Gasteiger partial charge in [0.1, 0.15) is 10.7 Å². The predicted octanol–water partition coefficient (Wildman–Crippen LogP) is 1.67. The Bertz CT molecular complexity index is 625. The quantitative estimate of drug-likeness (QED) is 0.815. The van der Waals surface area contributed by atoms with E-state index in [2.05, 4.69) is 4.98 Å². The van der Waals surface area contributed by atoms with Crippen molar-refractivity contribution in [2.75, 3.05) is 14.1 Å². The van der Waals surface area contributed by atoms with E-state index >= 15 is 0 Å². The van der Waals surface area contributed by atoms with E-state index < -0.39 is 0 Å². The number of rotatable bonds is 2. The molecule has 2 aromatic rings. The normalized spacial score (nSPS) is 11.6. The zero-order valence-electron chi connectivity index (χ0n) is 10.9. The van der Waals surface area contributed by atoms with E-state index in [-0.39, 0.29) is 5.56 Å². The van der Waals surface area contributed by atoms with Gasteiger partial charge in [-0.25, -0.2) is 4.98 Å². The number of hydrogen-bond donors (Lipinski definition) is 0. The molecule has 0 fully saturated rings. The van der Waals surface area contributed by atoms with Crippen LogP contribution >= 0.6 is 11.3 Å². The molecule has 17 heavy (non-hydrogen) atoms. The number of aryl methyl sites for hydroxylation is 2. The summed E-state index contributed by atoms with van der Waals surface area (Å²) >= 11 is 1.60. The second kappa shape index (κ2) is 4.23. The minimum absolute atomic E-state index is 0.0636. The van der Waals surface area contributed by atoms with Crippen LogP contribution in [0.4, 0.5) is 0 Å². The average Bonchev–Trinajstić information content (AvgIpc) is 2.50. The number of aromatic nitrogens is 2. The first-order chi connectivity index (χ1) is 7.91. The molecule has 0 radical (unpaired) electrons. The molecule has 0 amide bonds. The lowest BCUT2D eigenvalue weighted by atomic mass is 10.2. The van der Waals surface area contributed by atoms with Gasteiger partial charge < -0.3 is 4.90 Å². The summed E-state index contributed by atoms with van der Waals surface area (Å²) in [4.78, 5) is 20.9. The molecule has 0 bridgehead atoms. The van der Waals surface area contributed by atoms with E-state index in [4.69, 9.17) is 0 Å². The highest BCUT2D eigenvalue weighted by Gasteiger charge is 2.14. The zero-order valence-corrected chi connectivity index (χ0v) is 11.7. The lowest BCUT2D eigenvalue weighted by molar-refractivity contribution is 0.382. The van der Waals surface area contributed by atoms with Gasteiger partial charge in [-0.1, -0.05) is 0 Å². The van der Waals surface area contributed by atoms with Gasteiger partial charge in [0.25, 0.3) is 5.56 Å². The van der Waals surface area contributed by atoms with Crippen molar-refractivity contribution in [3.63, 3.8) is 0 Å². The van der Waals surface area contributed by atoms with Gasteiger partial charge in [0.2, 0.25) is 0 Å². The van der Waals surface area contributed by atoms with Gasteiger partial charge in [-0.3, -0.25) is 9.36 Å². The van der Waals surface area contributed by atoms with Gasteiger partial charge >= 0.3 is 0 Å². The molecule has 0 spiro atoms. The van der Waals surface area contributed by atoms with Gasteiger partial charge in [0, 0.05) is 11.9 Å². The summed E-state index contributed by atoms with van der Waals surface area (Å²) in [5.74, 6) is 0.814. The molecule has 0 aliphatic heterocycles. The fourth-order valence-electron chi connectivity index (χ4n) is 1.84. The van der Waals surface area contributed by atoms with Crippen LogP contribution in [0.2, 0.25) is 0 Å². The fraction of sp³-hybridized carbons (Fsp3) is 0.500. The maximum atomic E-state index is 12.3. The largest absolute Gasteiger partial charge is 0.302 e. The van der Waals surface area contributed by atoms with Crippen molar-refractivity contribution in [3.05, 3.63) is 26.6 Å². The third-order valence-electron chi connectivity index (χ3n) is 2.96. The van der Waals surface area contributed by atoms with Crippen LogP contribution in [0.25, 0.3) is 10.2 Å². The Morgan fingerprint density at radius 3 is 2.59 bits per heavy atom. The van der Waals surface area contributed by atoms with E-state index in [1.807, 2.05) is 32.8 Å². The van der Waals surface area contributed by atoms with Crippen LogP contribution in [0, 0.1) is 13.8 Å². The first kappa shape index (κ1) is 12.3. The summed E-state index contributed by atoms with van der Waals surface area (Å²) in [5.41, 5.74) is 1.13. The van der Waals surface area contributed by atoms with Crippen LogP contribution in [0.5, 0.6) is 0 Å². The third kappa shape index (κ3) is 2.00. The molecule has 5 heteroatoms. The topological polar surface area (TPSA) is 38.1 Å². The van der Waals surface area contributed by atoms with Gasteiger partial charge in [-0.2, -0.15) is 0 Å². The minimum atomic E-state index is 0.0636. The lowest BCUT2D eigenvalue weighted by Crippen LogP contribution is -2.25. The second-order valence-electron chi connectivity index (χ2n) is 4.59. The molecule has 92 valence electrons. The SMILES string of the molecule is Cc1sc2nc(CN(C)C)n(C)c(=O)c2c1C. The Labute approximate surface area is 105 Å². The Morgan fingerprint density at radius 2 is 2.00 bits per heavy atom. The van der Waals surface area contributed by atoms with Crippen molar-refractivity contribution in [1.82, 2.24) is 14.5 Å². The molecular weight excluding hydrogens is 234 g/mol. The Kier molecular flexibility index (Phi) is 3.05. The van der Waals surface area contributed by atoms with E-state index in [0.717, 1.165) is 21.6 Å². The standard InChI is InChI=1S/C12H17N3OS/c1-7-8(2)17-11-10(7)12(16)15(5)9(13-11)6-14(3)4/h6H2,1-5H3. The van der Waals surface area contributed by atoms with Gasteiger partial charge in [0.15, 0.2) is 0 Å². The predicted molar refractivity (Wildman–Crippen MR) is 71.7 cm³/mol. The van der Waals surface area contributed by atoms with Crippen molar-refractivity contribution in [1.29, 1.82) is 0 Å². The molecule has 2 heterocycles. The number of thiophene rings is 1. The summed E-state index contributed by atoms with van der Waals surface area (Å²) in [6.07, 6.45) is 0. The van der Waals surface area contributed by atoms with Crippen molar-refractivity contribution in [2.24, 2.45) is 7.05 Å². The highest BCUT2D eigenvalue weighted by molar-refractivity contribution is 7.18. The number of hydrogen-bond acceptors (Lipinski definition) is 4. The molecule has 0 atom stereocenters. The summed E-state index contributed by atoms with van der Waals surface area (Å²) in [5, 5.41) is 0.775. The van der Waals surface area contributed by atoms with Crippen LogP contribution in [0.15, 0.2) is 4.79 Å². The van der Waals surface area contributed by atoms with E-state index in [9.17, 15) is 4.79 Å². The Balaban J connectivity index is 2.75. The maximum absolute atomic E-state index is 12.3. The van der Waals surface area contributed by atoms with Gasteiger partial charge in [-0.15, -0.1) is 11.3 Å². The van der Waals surface area contributed by atoms with Gasteiger partial charge in [0.05, 0.1) is 11.9 Å². The summed E-state index contributed by atoms with van der Waals surface area (Å²) in [6, 6.07) is 0. The van der Waals surface area contributed by atoms with Crippen molar-refractivity contribution in [2.45, 2.75) is 20.4 Å². The second-order valence-corrected chi connectivity index (χ2v) is 5.80. The number of nitrogens with zero attached hydrogens (tertiary/aromatic N) is 3. The molecule has 2 aromatic heterocycles. The van der Waals surface area contributed by atoms with E-state index in [0.29, 0.717) is 6.54 Å². The van der Waals surface area contributed by atoms with Crippen molar-refractivity contribution in [3.8, 4) is 0 Å². The van der Waals surface area contributed by atoms with Crippen LogP contribution in [0.1, 0.15) is 16.3 Å². The maximum Gasteiger partial charge on any atom is 0.262 e. The zero-order chi connectivity index (χ0) is 12.7. The molecule has 0 unspecified atom stereocenters. The first-order valence-corrected chi connectivity index (χ1v) is 6.33. The monoisotopic (exact) mass is 251 g/mol. The average molecular weight is 251 g/mol. The highest BCUT2D eigenvalue weighted by Crippen LogP contribution is 2.26. The fourth-order valence-corrected chi connectivity index (χ4v) is 2.88. The van der Waals surface area contributed by atoms with Crippen LogP contribution in [-0.4, -0.2) is 28.5 Å². The van der Waals surface area contributed by atoms with Crippen LogP contribution in [0.3, 0.4) is 0 Å². The molecule has 4 nitrogen and oxygen atoms in total. The highest BCUT2D eigenvalue weighted by atomic mass is 32.1. The van der Waals surface area contributed by atoms with Crippen molar-refractivity contribution >= 4 is 21.6 Å². The molecule has 0 aromatic carbocycles. The Hall–Kier alpha value is -1.20. The third-order valence-corrected chi connectivity index (χ3v) is 4.06. The number of fused-ring (bicyclic) bond motifs is 1. The van der Waals surface area contributed by atoms with E-state index in [1.54, 1.807) is 23.0 Å². The molecule has 0 aliphatic rings. The molecule has 2 rings (SSSR count). The minimum Gasteiger partial charge on any atom is -0.302 e.